The third-order valence-corrected chi connectivity index (χ3v) is 5.66. The molecule has 5 nitrogen and oxygen atoms in total. The van der Waals surface area contributed by atoms with Crippen LogP contribution in [0.4, 0.5) is 0 Å². The van der Waals surface area contributed by atoms with Gasteiger partial charge in [-0.2, -0.15) is 0 Å². The molecule has 1 aliphatic heterocycles. The Morgan fingerprint density at radius 2 is 1.77 bits per heavy atom. The molecule has 1 aromatic carbocycles. The van der Waals surface area contributed by atoms with Crippen molar-refractivity contribution in [2.45, 2.75) is 45.8 Å². The topological polar surface area (TPSA) is 54.0 Å². The van der Waals surface area contributed by atoms with Crippen LogP contribution in [0.15, 0.2) is 23.7 Å². The normalized spacial score (nSPS) is 18.7. The summed E-state index contributed by atoms with van der Waals surface area (Å²) in [5, 5.41) is 0.0501. The monoisotopic (exact) mass is 378 g/mol. The number of methoxy groups -OCH3 is 2. The van der Waals surface area contributed by atoms with Crippen molar-refractivity contribution in [2.75, 3.05) is 20.0 Å². The Bertz CT molecular complexity index is 683. The molecule has 1 aromatic rings. The minimum atomic E-state index is -0.515. The molecule has 1 fully saturated rings. The van der Waals surface area contributed by atoms with Crippen LogP contribution >= 0.6 is 11.8 Å². The molecule has 0 N–H and O–H groups in total. The summed E-state index contributed by atoms with van der Waals surface area (Å²) in [4.78, 5) is 11.5. The Labute approximate surface area is 160 Å². The Morgan fingerprint density at radius 3 is 2.27 bits per heavy atom. The largest absolute Gasteiger partial charge is 0.497 e. The molecule has 0 bridgehead atoms. The fraction of sp³-hybridized carbons (Fsp3) is 0.526. The summed E-state index contributed by atoms with van der Waals surface area (Å²) in [6.45, 7) is 9.60. The lowest BCUT2D eigenvalue weighted by atomic mass is 9.78. The fourth-order valence-electron chi connectivity index (χ4n) is 2.49. The van der Waals surface area contributed by atoms with Crippen molar-refractivity contribution in [1.29, 1.82) is 0 Å². The van der Waals surface area contributed by atoms with E-state index in [4.69, 9.17) is 18.8 Å². The molecule has 142 valence electrons. The SMILES string of the molecule is COc1ccc(C=C(CSC(C)=O)B2OC(C)(C)C(C)(C)O2)c(OC)c1. The maximum Gasteiger partial charge on any atom is 0.491 e. The van der Waals surface area contributed by atoms with Crippen LogP contribution in [-0.4, -0.2) is 43.4 Å². The van der Waals surface area contributed by atoms with E-state index in [9.17, 15) is 4.79 Å². The summed E-state index contributed by atoms with van der Waals surface area (Å²) in [5.41, 5.74) is 0.873. The molecule has 26 heavy (non-hydrogen) atoms. The number of hydrogen-bond donors (Lipinski definition) is 0. The number of carbonyl (C=O) groups is 1. The Hall–Kier alpha value is -1.44. The van der Waals surface area contributed by atoms with Gasteiger partial charge in [0.2, 0.25) is 0 Å². The molecule has 0 atom stereocenters. The highest BCUT2D eigenvalue weighted by Crippen LogP contribution is 2.40. The van der Waals surface area contributed by atoms with Gasteiger partial charge >= 0.3 is 7.12 Å². The third-order valence-electron chi connectivity index (χ3n) is 4.78. The van der Waals surface area contributed by atoms with Crippen LogP contribution in [0.1, 0.15) is 40.2 Å². The van der Waals surface area contributed by atoms with E-state index in [0.717, 1.165) is 11.0 Å². The van der Waals surface area contributed by atoms with Gasteiger partial charge in [-0.15, -0.1) is 0 Å². The predicted molar refractivity (Wildman–Crippen MR) is 107 cm³/mol. The molecule has 1 aliphatic rings. The van der Waals surface area contributed by atoms with Crippen LogP contribution in [0, 0.1) is 0 Å². The highest BCUT2D eigenvalue weighted by molar-refractivity contribution is 8.13. The maximum absolute atomic E-state index is 11.5. The first kappa shape index (κ1) is 20.9. The zero-order chi connectivity index (χ0) is 19.5. The standard InChI is InChI=1S/C19H27BO5S/c1-13(21)26-12-15(20-24-18(2,3)19(4,5)25-20)10-14-8-9-16(22-6)11-17(14)23-7/h8-11H,12H2,1-7H3. The second-order valence-corrected chi connectivity index (χ2v) is 8.35. The van der Waals surface area contributed by atoms with Gasteiger partial charge in [0.05, 0.1) is 25.4 Å². The van der Waals surface area contributed by atoms with Crippen molar-refractivity contribution in [3.05, 3.63) is 29.2 Å². The van der Waals surface area contributed by atoms with E-state index in [2.05, 4.69) is 0 Å². The van der Waals surface area contributed by atoms with Gasteiger partial charge in [-0.25, -0.2) is 0 Å². The fourth-order valence-corrected chi connectivity index (χ4v) is 3.08. The minimum absolute atomic E-state index is 0.0501. The van der Waals surface area contributed by atoms with Crippen LogP contribution < -0.4 is 9.47 Å². The van der Waals surface area contributed by atoms with Crippen molar-refractivity contribution >= 4 is 30.1 Å². The lowest BCUT2D eigenvalue weighted by Gasteiger charge is -2.32. The third kappa shape index (κ3) is 4.64. The van der Waals surface area contributed by atoms with Crippen LogP contribution in [0.2, 0.25) is 0 Å². The quantitative estimate of drug-likeness (QED) is 0.698. The van der Waals surface area contributed by atoms with Crippen molar-refractivity contribution in [3.63, 3.8) is 0 Å². The number of rotatable bonds is 6. The highest BCUT2D eigenvalue weighted by atomic mass is 32.2. The van der Waals surface area contributed by atoms with Gasteiger partial charge in [0.1, 0.15) is 11.5 Å². The molecule has 0 amide bonds. The van der Waals surface area contributed by atoms with Gasteiger partial charge in [0, 0.05) is 24.3 Å². The number of carbonyl (C=O) groups excluding carboxylic acids is 1. The summed E-state index contributed by atoms with van der Waals surface area (Å²) in [6, 6.07) is 5.61. The van der Waals surface area contributed by atoms with E-state index in [1.807, 2.05) is 52.0 Å². The molecule has 2 rings (SSSR count). The minimum Gasteiger partial charge on any atom is -0.497 e. The zero-order valence-electron chi connectivity index (χ0n) is 16.5. The van der Waals surface area contributed by atoms with Crippen LogP contribution in [0.25, 0.3) is 6.08 Å². The number of thioether (sulfide) groups is 1. The Morgan fingerprint density at radius 1 is 1.15 bits per heavy atom. The van der Waals surface area contributed by atoms with E-state index in [-0.39, 0.29) is 5.12 Å². The Kier molecular flexibility index (Phi) is 6.48. The molecule has 0 unspecified atom stereocenters. The molecule has 0 radical (unpaired) electrons. The number of hydrogen-bond acceptors (Lipinski definition) is 6. The van der Waals surface area contributed by atoms with E-state index >= 15 is 0 Å². The van der Waals surface area contributed by atoms with Crippen LogP contribution in [0.3, 0.4) is 0 Å². The number of benzene rings is 1. The average Bonchev–Trinajstić information content (AvgIpc) is 2.79. The zero-order valence-corrected chi connectivity index (χ0v) is 17.4. The molecule has 7 heteroatoms. The molecule has 0 saturated carbocycles. The van der Waals surface area contributed by atoms with Gasteiger partial charge < -0.3 is 18.8 Å². The van der Waals surface area contributed by atoms with Gasteiger partial charge in [-0.05, 0) is 45.3 Å². The molecule has 0 aromatic heterocycles. The first-order chi connectivity index (χ1) is 12.1. The molecular weight excluding hydrogens is 351 g/mol. The summed E-state index contributed by atoms with van der Waals surface area (Å²) in [6.07, 6.45) is 1.97. The molecule has 1 heterocycles. The Balaban J connectivity index is 2.39. The van der Waals surface area contributed by atoms with Crippen LogP contribution in [0.5, 0.6) is 11.5 Å². The predicted octanol–water partition coefficient (Wildman–Crippen LogP) is 4.00. The van der Waals surface area contributed by atoms with Crippen molar-refractivity contribution < 1.29 is 23.6 Å². The van der Waals surface area contributed by atoms with E-state index < -0.39 is 18.3 Å². The average molecular weight is 378 g/mol. The van der Waals surface area contributed by atoms with Crippen molar-refractivity contribution in [3.8, 4) is 11.5 Å². The smallest absolute Gasteiger partial charge is 0.491 e. The summed E-state index contributed by atoms with van der Waals surface area (Å²) in [7, 11) is 2.72. The van der Waals surface area contributed by atoms with Crippen LogP contribution in [-0.2, 0) is 14.1 Å². The lowest BCUT2D eigenvalue weighted by Crippen LogP contribution is -2.41. The summed E-state index contributed by atoms with van der Waals surface area (Å²) < 4.78 is 23.1. The number of ether oxygens (including phenoxy) is 2. The second kappa shape index (κ2) is 8.07. The van der Waals surface area contributed by atoms with Gasteiger partial charge in [-0.1, -0.05) is 17.8 Å². The molecule has 0 spiro atoms. The molecule has 0 aliphatic carbocycles. The first-order valence-corrected chi connectivity index (χ1v) is 9.49. The van der Waals surface area contributed by atoms with Gasteiger partial charge in [-0.3, -0.25) is 4.79 Å². The first-order valence-electron chi connectivity index (χ1n) is 8.51. The van der Waals surface area contributed by atoms with Gasteiger partial charge in [0.25, 0.3) is 0 Å². The van der Waals surface area contributed by atoms with Gasteiger partial charge in [0.15, 0.2) is 5.12 Å². The molecular formula is C19H27BO5S. The molecule has 1 saturated heterocycles. The van der Waals surface area contributed by atoms with Crippen molar-refractivity contribution in [1.82, 2.24) is 0 Å². The van der Waals surface area contributed by atoms with E-state index in [0.29, 0.717) is 17.3 Å². The lowest BCUT2D eigenvalue weighted by molar-refractivity contribution is -0.109. The van der Waals surface area contributed by atoms with E-state index in [1.54, 1.807) is 21.1 Å². The maximum atomic E-state index is 11.5. The summed E-state index contributed by atoms with van der Waals surface area (Å²) >= 11 is 1.23. The summed E-state index contributed by atoms with van der Waals surface area (Å²) in [5.74, 6) is 1.89. The second-order valence-electron chi connectivity index (χ2n) is 7.20. The van der Waals surface area contributed by atoms with E-state index in [1.165, 1.54) is 11.8 Å². The van der Waals surface area contributed by atoms with Crippen molar-refractivity contribution in [2.24, 2.45) is 0 Å². The highest BCUT2D eigenvalue weighted by Gasteiger charge is 2.52.